The number of unbranched alkanes of at least 4 members (excludes halogenated alkanes) is 8. The Morgan fingerprint density at radius 1 is 0.789 bits per heavy atom. The molecule has 0 amide bonds. The summed E-state index contributed by atoms with van der Waals surface area (Å²) in [4.78, 5) is 29.3. The third-order valence-electron chi connectivity index (χ3n) is 4.80. The molecule has 0 aliphatic heterocycles. The molecule has 0 radical (unpaired) electrons. The average Bonchev–Trinajstić information content (AvgIpc) is 2.83. The summed E-state index contributed by atoms with van der Waals surface area (Å²) in [5.74, 6) is -0.823. The second-order valence-electron chi connectivity index (χ2n) is 8.01. The lowest BCUT2D eigenvalue weighted by molar-refractivity contribution is -0.385. The minimum Gasteiger partial charge on any atom is -0.508 e. The number of nitrogens with zero attached hydrogens (tertiary/aromatic N) is 2. The maximum Gasteiger partial charge on any atom is 0.446 e. The summed E-state index contributed by atoms with van der Waals surface area (Å²) in [6.45, 7) is 2.23. The number of phenols is 1. The van der Waals surface area contributed by atoms with E-state index in [1.807, 2.05) is 0 Å². The van der Waals surface area contributed by atoms with E-state index < -0.39 is 26.2 Å². The van der Waals surface area contributed by atoms with Gasteiger partial charge in [0.2, 0.25) is 0 Å². The molecule has 13 nitrogen and oxygen atoms in total. The van der Waals surface area contributed by atoms with Gasteiger partial charge in [-0.2, -0.15) is 8.42 Å². The SMILES string of the molecule is CCCCCCCCCCCC(=O)O.O=[N+]([O-])c1ccc(O)cc1.O=[N+]([O-])c1ccc(OS(=O)(=O)O)cc1. The Balaban J connectivity index is 0.000000548. The normalized spacial score (nSPS) is 10.3. The lowest BCUT2D eigenvalue weighted by Crippen LogP contribution is -2.06. The number of benzene rings is 2. The van der Waals surface area contributed by atoms with Crippen LogP contribution in [0.2, 0.25) is 0 Å². The molecule has 0 atom stereocenters. The summed E-state index contributed by atoms with van der Waals surface area (Å²) in [5, 5.41) is 37.4. The Morgan fingerprint density at radius 2 is 1.18 bits per heavy atom. The lowest BCUT2D eigenvalue weighted by atomic mass is 10.1. The standard InChI is InChI=1S/C12H24O2.C6H5NO6S.C6H5NO3/c1-2-3-4-5-6-7-8-9-10-11-12(13)14;8-7(9)5-1-3-6(4-2-5)13-14(10,11)12;8-6-3-1-5(2-4-6)7(9)10/h2-11H2,1H3,(H,13,14);1-4H,(H,10,11,12);1-4,8H. The molecule has 212 valence electrons. The van der Waals surface area contributed by atoms with Crippen molar-refractivity contribution in [2.75, 3.05) is 0 Å². The summed E-state index contributed by atoms with van der Waals surface area (Å²) in [7, 11) is -4.58. The molecule has 0 unspecified atom stereocenters. The number of carboxylic acid groups (broad SMARTS) is 1. The molecule has 38 heavy (non-hydrogen) atoms. The molecule has 0 saturated carbocycles. The highest BCUT2D eigenvalue weighted by Gasteiger charge is 2.09. The van der Waals surface area contributed by atoms with Gasteiger partial charge in [0.1, 0.15) is 11.5 Å². The van der Waals surface area contributed by atoms with Crippen molar-refractivity contribution in [2.45, 2.75) is 71.1 Å². The third kappa shape index (κ3) is 19.4. The highest BCUT2D eigenvalue weighted by atomic mass is 32.3. The largest absolute Gasteiger partial charge is 0.508 e. The van der Waals surface area contributed by atoms with E-state index >= 15 is 0 Å². The van der Waals surface area contributed by atoms with Crippen LogP contribution in [-0.2, 0) is 15.2 Å². The number of hydrogen-bond acceptors (Lipinski definition) is 9. The van der Waals surface area contributed by atoms with E-state index in [0.717, 1.165) is 37.1 Å². The Labute approximate surface area is 221 Å². The second-order valence-corrected chi connectivity index (χ2v) is 9.03. The van der Waals surface area contributed by atoms with Gasteiger partial charge in [-0.15, -0.1) is 0 Å². The van der Waals surface area contributed by atoms with Crippen molar-refractivity contribution in [2.24, 2.45) is 0 Å². The molecule has 0 heterocycles. The van der Waals surface area contributed by atoms with Gasteiger partial charge < -0.3 is 14.4 Å². The lowest BCUT2D eigenvalue weighted by Gasteiger charge is -2.00. The number of phenolic OH excluding ortho intramolecular Hbond substituents is 1. The maximum absolute atomic E-state index is 10.2. The van der Waals surface area contributed by atoms with E-state index in [0.29, 0.717) is 6.42 Å². The van der Waals surface area contributed by atoms with Gasteiger partial charge >= 0.3 is 16.4 Å². The van der Waals surface area contributed by atoms with E-state index in [9.17, 15) is 33.4 Å². The number of rotatable bonds is 14. The fourth-order valence-electron chi connectivity index (χ4n) is 2.91. The molecule has 0 aliphatic carbocycles. The van der Waals surface area contributed by atoms with E-state index in [2.05, 4.69) is 11.1 Å². The minimum atomic E-state index is -4.58. The molecular formula is C24H34N2O11S. The second kappa shape index (κ2) is 19.3. The molecule has 3 N–H and O–H groups in total. The predicted octanol–water partition coefficient (Wildman–Crippen LogP) is 6.07. The Morgan fingerprint density at radius 3 is 1.55 bits per heavy atom. The first-order chi connectivity index (χ1) is 17.9. The van der Waals surface area contributed by atoms with Crippen LogP contribution in [0.1, 0.15) is 71.1 Å². The Kier molecular flexibility index (Phi) is 17.4. The molecule has 0 fully saturated rings. The number of hydrogen-bond donors (Lipinski definition) is 3. The Hall–Kier alpha value is -3.78. The van der Waals surface area contributed by atoms with Crippen molar-refractivity contribution in [1.29, 1.82) is 0 Å². The van der Waals surface area contributed by atoms with Crippen LogP contribution >= 0.6 is 0 Å². The number of aliphatic carboxylic acids is 1. The quantitative estimate of drug-likeness (QED) is 0.105. The van der Waals surface area contributed by atoms with Crippen molar-refractivity contribution >= 4 is 27.7 Å². The van der Waals surface area contributed by atoms with E-state index in [1.165, 1.54) is 69.2 Å². The monoisotopic (exact) mass is 558 g/mol. The zero-order valence-electron chi connectivity index (χ0n) is 21.1. The smallest absolute Gasteiger partial charge is 0.446 e. The summed E-state index contributed by atoms with van der Waals surface area (Å²) >= 11 is 0. The summed E-state index contributed by atoms with van der Waals surface area (Å²) < 4.78 is 32.7. The van der Waals surface area contributed by atoms with Gasteiger partial charge in [0, 0.05) is 30.7 Å². The molecule has 2 rings (SSSR count). The van der Waals surface area contributed by atoms with Crippen molar-refractivity contribution in [3.63, 3.8) is 0 Å². The molecule has 2 aromatic rings. The molecule has 0 saturated heterocycles. The zero-order chi connectivity index (χ0) is 29.0. The van der Waals surface area contributed by atoms with Gasteiger partial charge in [0.15, 0.2) is 0 Å². The van der Waals surface area contributed by atoms with Crippen LogP contribution in [0.25, 0.3) is 0 Å². The van der Waals surface area contributed by atoms with Gasteiger partial charge in [-0.25, -0.2) is 0 Å². The van der Waals surface area contributed by atoms with E-state index in [4.69, 9.17) is 14.8 Å². The Bertz CT molecular complexity index is 1070. The average molecular weight is 559 g/mol. The van der Waals surface area contributed by atoms with Crippen molar-refractivity contribution in [1.82, 2.24) is 0 Å². The fraction of sp³-hybridized carbons (Fsp3) is 0.458. The van der Waals surface area contributed by atoms with E-state index in [-0.39, 0.29) is 22.9 Å². The van der Waals surface area contributed by atoms with Crippen LogP contribution in [0.4, 0.5) is 11.4 Å². The highest BCUT2D eigenvalue weighted by molar-refractivity contribution is 7.81. The van der Waals surface area contributed by atoms with Gasteiger partial charge in [-0.3, -0.25) is 29.6 Å². The number of nitro groups is 2. The predicted molar refractivity (Wildman–Crippen MR) is 140 cm³/mol. The third-order valence-corrected chi connectivity index (χ3v) is 5.21. The molecule has 2 aromatic carbocycles. The number of aromatic hydroxyl groups is 1. The molecule has 14 heteroatoms. The minimum absolute atomic E-state index is 0.0159. The van der Waals surface area contributed by atoms with E-state index in [1.54, 1.807) is 0 Å². The van der Waals surface area contributed by atoms with Gasteiger partial charge in [-0.1, -0.05) is 58.3 Å². The van der Waals surface area contributed by atoms with Gasteiger partial charge in [0.05, 0.1) is 9.85 Å². The molecule has 0 bridgehead atoms. The first-order valence-corrected chi connectivity index (χ1v) is 13.3. The fourth-order valence-corrected chi connectivity index (χ4v) is 3.26. The maximum atomic E-state index is 10.2. The van der Waals surface area contributed by atoms with Crippen LogP contribution in [0.5, 0.6) is 11.5 Å². The van der Waals surface area contributed by atoms with Gasteiger partial charge in [-0.05, 0) is 30.7 Å². The number of carboxylic acids is 1. The number of non-ortho nitro benzene ring substituents is 2. The van der Waals surface area contributed by atoms with Crippen LogP contribution < -0.4 is 4.18 Å². The topological polar surface area (TPSA) is 207 Å². The summed E-state index contributed by atoms with van der Waals surface area (Å²) in [6.07, 6.45) is 11.5. The molecular weight excluding hydrogens is 524 g/mol. The van der Waals surface area contributed by atoms with Crippen molar-refractivity contribution in [3.05, 3.63) is 68.8 Å². The number of nitro benzene ring substituents is 2. The van der Waals surface area contributed by atoms with Crippen LogP contribution in [-0.4, -0.2) is 39.0 Å². The van der Waals surface area contributed by atoms with Crippen LogP contribution in [0.3, 0.4) is 0 Å². The van der Waals surface area contributed by atoms with Crippen LogP contribution in [0.15, 0.2) is 48.5 Å². The number of carbonyl (C=O) groups is 1. The summed E-state index contributed by atoms with van der Waals surface area (Å²) in [6, 6.07) is 9.28. The summed E-state index contributed by atoms with van der Waals surface area (Å²) in [5.41, 5.74) is -0.217. The molecule has 0 spiro atoms. The van der Waals surface area contributed by atoms with Crippen molar-refractivity contribution < 1.29 is 42.0 Å². The first-order valence-electron chi connectivity index (χ1n) is 11.9. The zero-order valence-corrected chi connectivity index (χ0v) is 21.9. The van der Waals surface area contributed by atoms with Crippen LogP contribution in [0, 0.1) is 20.2 Å². The first kappa shape index (κ1) is 34.2. The molecule has 0 aromatic heterocycles. The molecule has 0 aliphatic rings. The highest BCUT2D eigenvalue weighted by Crippen LogP contribution is 2.18. The van der Waals surface area contributed by atoms with Crippen molar-refractivity contribution in [3.8, 4) is 11.5 Å². The van der Waals surface area contributed by atoms with Gasteiger partial charge in [0.25, 0.3) is 11.4 Å².